The van der Waals surface area contributed by atoms with Crippen molar-refractivity contribution in [3.8, 4) is 5.75 Å². The van der Waals surface area contributed by atoms with Gasteiger partial charge >= 0.3 is 0 Å². The van der Waals surface area contributed by atoms with Crippen molar-refractivity contribution in [2.24, 2.45) is 17.6 Å². The quantitative estimate of drug-likeness (QED) is 0.190. The van der Waals surface area contributed by atoms with Gasteiger partial charge < -0.3 is 41.7 Å². The molecule has 12 heteroatoms. The molecule has 12 nitrogen and oxygen atoms in total. The molecule has 240 valence electrons. The van der Waals surface area contributed by atoms with Gasteiger partial charge in [0.1, 0.15) is 22.8 Å². The molecule has 1 aliphatic heterocycles. The van der Waals surface area contributed by atoms with Crippen molar-refractivity contribution < 1.29 is 34.8 Å². The fourth-order valence-corrected chi connectivity index (χ4v) is 8.45. The molecule has 0 bridgehead atoms. The normalized spacial score (nSPS) is 29.7. The second-order valence-corrected chi connectivity index (χ2v) is 14.6. The summed E-state index contributed by atoms with van der Waals surface area (Å²) in [5.41, 5.74) is 3.23. The van der Waals surface area contributed by atoms with Crippen molar-refractivity contribution in [1.82, 2.24) is 10.2 Å². The first-order valence-corrected chi connectivity index (χ1v) is 15.0. The first-order valence-electron chi connectivity index (χ1n) is 15.0. The monoisotopic (exact) mass is 611 g/mol. The molecule has 3 aliphatic carbocycles. The van der Waals surface area contributed by atoms with E-state index in [9.17, 15) is 34.8 Å². The van der Waals surface area contributed by atoms with E-state index in [1.165, 1.54) is 4.90 Å². The Morgan fingerprint density at radius 1 is 1.05 bits per heavy atom. The van der Waals surface area contributed by atoms with Crippen molar-refractivity contribution in [3.63, 3.8) is 0 Å². The number of phenolic OH excluding ortho intramolecular Hbond substituents is 1. The lowest BCUT2D eigenvalue weighted by molar-refractivity contribution is -0.153. The van der Waals surface area contributed by atoms with Crippen LogP contribution in [0, 0.1) is 11.8 Å². The van der Waals surface area contributed by atoms with Crippen LogP contribution in [0.5, 0.6) is 5.75 Å². The number of aliphatic hydroxyl groups excluding tert-OH is 2. The molecule has 44 heavy (non-hydrogen) atoms. The number of nitrogens with zero attached hydrogens (tertiary/aromatic N) is 2. The highest BCUT2D eigenvalue weighted by molar-refractivity contribution is 6.24. The van der Waals surface area contributed by atoms with Gasteiger partial charge in [0, 0.05) is 48.4 Å². The van der Waals surface area contributed by atoms with Gasteiger partial charge in [0.2, 0.25) is 5.78 Å². The Morgan fingerprint density at radius 3 is 2.16 bits per heavy atom. The molecule has 1 heterocycles. The summed E-state index contributed by atoms with van der Waals surface area (Å²) in [5.74, 6) is -6.65. The number of primary amides is 1. The number of carbonyl (C=O) groups is 3. The zero-order chi connectivity index (χ0) is 32.8. The second-order valence-electron chi connectivity index (χ2n) is 14.6. The van der Waals surface area contributed by atoms with Gasteiger partial charge in [0.15, 0.2) is 11.4 Å². The lowest BCUT2D eigenvalue weighted by Crippen LogP contribution is -2.65. The predicted octanol–water partition coefficient (Wildman–Crippen LogP) is 1.75. The van der Waals surface area contributed by atoms with Crippen molar-refractivity contribution in [3.05, 3.63) is 34.1 Å². The lowest BCUT2D eigenvalue weighted by Gasteiger charge is -2.50. The topological polar surface area (TPSA) is 189 Å². The number of piperidine rings is 1. The summed E-state index contributed by atoms with van der Waals surface area (Å²) in [5, 5.41) is 53.5. The van der Waals surface area contributed by atoms with Gasteiger partial charge in [-0.1, -0.05) is 0 Å². The fourth-order valence-electron chi connectivity index (χ4n) is 8.45. The molecule has 4 atom stereocenters. The van der Waals surface area contributed by atoms with Crippen molar-refractivity contribution in [2.45, 2.75) is 82.1 Å². The van der Waals surface area contributed by atoms with Crippen molar-refractivity contribution in [1.29, 1.82) is 0 Å². The van der Waals surface area contributed by atoms with Gasteiger partial charge in [-0.2, -0.15) is 0 Å². The van der Waals surface area contributed by atoms with E-state index in [1.807, 2.05) is 25.1 Å². The van der Waals surface area contributed by atoms with Gasteiger partial charge in [0.05, 0.1) is 17.3 Å². The minimum atomic E-state index is -2.67. The molecule has 1 aromatic rings. The molecule has 2 fully saturated rings. The van der Waals surface area contributed by atoms with Gasteiger partial charge in [-0.05, 0) is 85.0 Å². The Labute approximate surface area is 257 Å². The van der Waals surface area contributed by atoms with Crippen LogP contribution in [0.25, 0.3) is 5.76 Å². The minimum Gasteiger partial charge on any atom is -0.508 e. The molecule has 0 unspecified atom stereocenters. The maximum absolute atomic E-state index is 14.2. The van der Waals surface area contributed by atoms with Crippen LogP contribution in [0.15, 0.2) is 23.0 Å². The van der Waals surface area contributed by atoms with E-state index in [4.69, 9.17) is 5.73 Å². The third kappa shape index (κ3) is 4.74. The summed E-state index contributed by atoms with van der Waals surface area (Å²) >= 11 is 0. The number of ketones is 2. The maximum Gasteiger partial charge on any atom is 0.255 e. The number of anilines is 2. The number of fused-ring (bicyclic) bond motifs is 3. The van der Waals surface area contributed by atoms with E-state index in [1.54, 1.807) is 14.1 Å². The summed E-state index contributed by atoms with van der Waals surface area (Å²) in [6, 6.07) is 0.705. The zero-order valence-electron chi connectivity index (χ0n) is 26.7. The number of hydrogen-bond donors (Lipinski definition) is 7. The predicted molar refractivity (Wildman–Crippen MR) is 167 cm³/mol. The van der Waals surface area contributed by atoms with Gasteiger partial charge in [0.25, 0.3) is 5.91 Å². The lowest BCUT2D eigenvalue weighted by atomic mass is 9.57. The summed E-state index contributed by atoms with van der Waals surface area (Å²) < 4.78 is 0. The number of phenols is 1. The highest BCUT2D eigenvalue weighted by Gasteiger charge is 2.64. The van der Waals surface area contributed by atoms with Crippen LogP contribution >= 0.6 is 0 Å². The van der Waals surface area contributed by atoms with Crippen LogP contribution in [0.4, 0.5) is 11.4 Å². The third-order valence-corrected chi connectivity index (χ3v) is 9.73. The molecule has 0 spiro atoms. The highest BCUT2D eigenvalue weighted by Crippen LogP contribution is 2.54. The number of aliphatic hydroxyl groups is 3. The number of rotatable bonds is 5. The van der Waals surface area contributed by atoms with E-state index in [-0.39, 0.29) is 46.8 Å². The highest BCUT2D eigenvalue weighted by atomic mass is 16.3. The Balaban J connectivity index is 1.67. The van der Waals surface area contributed by atoms with Crippen LogP contribution in [0.1, 0.15) is 58.1 Å². The smallest absolute Gasteiger partial charge is 0.255 e. The molecule has 4 aliphatic rings. The van der Waals surface area contributed by atoms with Gasteiger partial charge in [-0.25, -0.2) is 0 Å². The van der Waals surface area contributed by atoms with E-state index >= 15 is 0 Å². The Kier molecular flexibility index (Phi) is 7.38. The number of aromatic hydroxyl groups is 1. The Bertz CT molecular complexity index is 1510. The first-order chi connectivity index (χ1) is 20.2. The number of nitrogens with one attached hydrogen (secondary N) is 2. The largest absolute Gasteiger partial charge is 0.508 e. The van der Waals surface area contributed by atoms with E-state index in [2.05, 4.69) is 38.3 Å². The molecular formula is C32H45N5O7. The van der Waals surface area contributed by atoms with Crippen molar-refractivity contribution in [2.75, 3.05) is 38.4 Å². The number of carbonyl (C=O) groups excluding carboxylic acids is 3. The number of benzene rings is 1. The summed E-state index contributed by atoms with van der Waals surface area (Å²) in [6.45, 7) is 8.49. The number of hydrogen-bond acceptors (Lipinski definition) is 11. The Morgan fingerprint density at radius 2 is 1.64 bits per heavy atom. The van der Waals surface area contributed by atoms with E-state index in [0.717, 1.165) is 18.5 Å². The second kappa shape index (κ2) is 10.2. The third-order valence-electron chi connectivity index (χ3n) is 9.73. The number of nitrogens with two attached hydrogens (primary N) is 1. The molecule has 0 aromatic heterocycles. The van der Waals surface area contributed by atoms with E-state index in [0.29, 0.717) is 11.3 Å². The fraction of sp³-hybridized carbons (Fsp3) is 0.594. The number of amides is 1. The SMILES string of the molecule is CN(C)c1cc(NC2CC(C)(C)NC(C)(C)C2)c(O)c2c1C[C@@H]1C[C@@H]3[C@@H](N(C)C)C(=O)C(C(N)=O)=C(O)[C@@]3(O)C(=O)C1=C2O. The molecule has 5 rings (SSSR count). The average Bonchev–Trinajstić information content (AvgIpc) is 2.85. The summed E-state index contributed by atoms with van der Waals surface area (Å²) in [4.78, 5) is 43.1. The summed E-state index contributed by atoms with van der Waals surface area (Å²) in [6.07, 6.45) is 1.81. The maximum atomic E-state index is 14.2. The van der Waals surface area contributed by atoms with Crippen LogP contribution in [-0.4, -0.2) is 99.8 Å². The minimum absolute atomic E-state index is 0.0128. The van der Waals surface area contributed by atoms with E-state index < -0.39 is 58.0 Å². The molecule has 1 saturated heterocycles. The molecule has 0 radical (unpaired) electrons. The number of Topliss-reactive ketones (excluding diaryl/α,β-unsaturated/α-hetero) is 2. The standard InChI is InChI=1S/C32H45N5O7/c1-30(2)12-15(13-31(3,4)35-30)34-18-11-19(36(5)6)16-9-14-10-17-23(37(7)8)26(40)22(29(33)43)28(42)32(17,44)27(41)20(14)25(39)21(16)24(18)38/h11,14-15,17,23,34-35,38-39,42,44H,9-10,12-13H2,1-8H3,(H2,33,43)/t14-,17-,23-,32+/m1/s1. The Hall–Kier alpha value is -3.61. The molecular weight excluding hydrogens is 566 g/mol. The first kappa shape index (κ1) is 31.8. The zero-order valence-corrected chi connectivity index (χ0v) is 26.7. The van der Waals surface area contributed by atoms with Gasteiger partial charge in [-0.15, -0.1) is 0 Å². The van der Waals surface area contributed by atoms with Crippen LogP contribution in [-0.2, 0) is 20.8 Å². The van der Waals surface area contributed by atoms with Crippen LogP contribution in [0.3, 0.4) is 0 Å². The molecule has 1 saturated carbocycles. The van der Waals surface area contributed by atoms with Gasteiger partial charge in [-0.3, -0.25) is 19.3 Å². The molecule has 1 aromatic carbocycles. The molecule has 8 N–H and O–H groups in total. The van der Waals surface area contributed by atoms with Crippen LogP contribution in [0.2, 0.25) is 0 Å². The average molecular weight is 612 g/mol. The number of likely N-dealkylation sites (N-methyl/N-ethyl adjacent to an activating group) is 1. The summed E-state index contributed by atoms with van der Waals surface area (Å²) in [7, 11) is 6.86. The molecule has 1 amide bonds. The van der Waals surface area contributed by atoms with Crippen LogP contribution < -0.4 is 21.3 Å². The van der Waals surface area contributed by atoms with Crippen molar-refractivity contribution >= 4 is 34.6 Å².